The number of aromatic nitrogens is 1. The summed E-state index contributed by atoms with van der Waals surface area (Å²) >= 11 is 0. The van der Waals surface area contributed by atoms with Gasteiger partial charge >= 0.3 is 0 Å². The molecule has 0 radical (unpaired) electrons. The van der Waals surface area contributed by atoms with Crippen LogP contribution in [0, 0.1) is 0 Å². The van der Waals surface area contributed by atoms with Gasteiger partial charge in [0.15, 0.2) is 0 Å². The Morgan fingerprint density at radius 3 is 2.55 bits per heavy atom. The van der Waals surface area contributed by atoms with E-state index in [0.29, 0.717) is 11.4 Å². The van der Waals surface area contributed by atoms with Gasteiger partial charge in [-0.1, -0.05) is 0 Å². The molecule has 1 aromatic carbocycles. The number of aromatic amines is 1. The van der Waals surface area contributed by atoms with Gasteiger partial charge in [0.2, 0.25) is 11.8 Å². The van der Waals surface area contributed by atoms with Crippen LogP contribution < -0.4 is 11.1 Å². The molecule has 3 rings (SSSR count). The minimum Gasteiger partial charge on any atom is -0.399 e. The first-order chi connectivity index (χ1) is 9.52. The summed E-state index contributed by atoms with van der Waals surface area (Å²) in [5.74, 6) is -1.34. The summed E-state index contributed by atoms with van der Waals surface area (Å²) in [6.07, 6.45) is 0. The molecule has 0 saturated carbocycles. The third kappa shape index (κ3) is 2.09. The van der Waals surface area contributed by atoms with E-state index in [1.165, 1.54) is 4.90 Å². The molecule has 1 aromatic heterocycles. The highest BCUT2D eigenvalue weighted by molar-refractivity contribution is 6.06. The van der Waals surface area contributed by atoms with Gasteiger partial charge in [0.1, 0.15) is 18.8 Å². The molecule has 102 valence electrons. The van der Waals surface area contributed by atoms with Crippen molar-refractivity contribution in [1.82, 2.24) is 15.2 Å². The van der Waals surface area contributed by atoms with Crippen molar-refractivity contribution in [3.8, 4) is 0 Å². The molecule has 3 amide bonds. The van der Waals surface area contributed by atoms with E-state index in [1.54, 1.807) is 24.3 Å². The Labute approximate surface area is 113 Å². The largest absolute Gasteiger partial charge is 0.399 e. The van der Waals surface area contributed by atoms with E-state index in [9.17, 15) is 14.4 Å². The van der Waals surface area contributed by atoms with Crippen LogP contribution in [0.1, 0.15) is 10.5 Å². The first kappa shape index (κ1) is 12.2. The summed E-state index contributed by atoms with van der Waals surface area (Å²) in [6, 6.07) is 6.90. The Hall–Kier alpha value is -2.83. The van der Waals surface area contributed by atoms with Crippen molar-refractivity contribution in [2.45, 2.75) is 0 Å². The minimum atomic E-state index is -0.477. The Morgan fingerprint density at radius 2 is 1.85 bits per heavy atom. The highest BCUT2D eigenvalue weighted by Gasteiger charge is 2.27. The second kappa shape index (κ2) is 4.37. The van der Waals surface area contributed by atoms with Crippen molar-refractivity contribution in [3.63, 3.8) is 0 Å². The van der Waals surface area contributed by atoms with E-state index in [1.807, 2.05) is 0 Å². The lowest BCUT2D eigenvalue weighted by Crippen LogP contribution is -2.53. The van der Waals surface area contributed by atoms with E-state index in [4.69, 9.17) is 5.73 Å². The molecule has 1 fully saturated rings. The number of carbonyl (C=O) groups is 3. The number of hydrogen-bond acceptors (Lipinski definition) is 4. The molecule has 1 aliphatic heterocycles. The van der Waals surface area contributed by atoms with Crippen molar-refractivity contribution < 1.29 is 14.4 Å². The first-order valence-corrected chi connectivity index (χ1v) is 6.03. The second-order valence-electron chi connectivity index (χ2n) is 4.66. The SMILES string of the molecule is Nc1ccc2[nH]c(C(=O)N3CC(=O)NC(=O)C3)cc2c1. The minimum absolute atomic E-state index is 0.123. The number of H-pyrrole nitrogens is 1. The van der Waals surface area contributed by atoms with Crippen molar-refractivity contribution in [3.05, 3.63) is 30.0 Å². The highest BCUT2D eigenvalue weighted by atomic mass is 16.2. The maximum atomic E-state index is 12.3. The monoisotopic (exact) mass is 272 g/mol. The molecule has 2 heterocycles. The quantitative estimate of drug-likeness (QED) is 0.495. The molecule has 0 unspecified atom stereocenters. The van der Waals surface area contributed by atoms with Crippen molar-refractivity contribution in [2.24, 2.45) is 0 Å². The molecular formula is C13H12N4O3. The predicted molar refractivity (Wildman–Crippen MR) is 71.8 cm³/mol. The van der Waals surface area contributed by atoms with Crippen LogP contribution in [-0.4, -0.2) is 40.7 Å². The molecule has 0 aliphatic carbocycles. The van der Waals surface area contributed by atoms with Gasteiger partial charge in [0.05, 0.1) is 0 Å². The van der Waals surface area contributed by atoms with Crippen LogP contribution in [0.2, 0.25) is 0 Å². The average Bonchev–Trinajstić information content (AvgIpc) is 2.79. The van der Waals surface area contributed by atoms with Crippen LogP contribution >= 0.6 is 0 Å². The number of fused-ring (bicyclic) bond motifs is 1. The van der Waals surface area contributed by atoms with E-state index in [0.717, 1.165) is 10.9 Å². The lowest BCUT2D eigenvalue weighted by molar-refractivity contribution is -0.135. The summed E-state index contributed by atoms with van der Waals surface area (Å²) in [5, 5.41) is 2.96. The molecular weight excluding hydrogens is 260 g/mol. The molecule has 2 aromatic rings. The number of nitrogens with one attached hydrogen (secondary N) is 2. The normalized spacial score (nSPS) is 15.5. The molecule has 1 aliphatic rings. The van der Waals surface area contributed by atoms with Gasteiger partial charge in [-0.15, -0.1) is 0 Å². The Balaban J connectivity index is 1.92. The fourth-order valence-electron chi connectivity index (χ4n) is 2.22. The number of hydrogen-bond donors (Lipinski definition) is 3. The van der Waals surface area contributed by atoms with Crippen molar-refractivity contribution in [1.29, 1.82) is 0 Å². The molecule has 7 heteroatoms. The van der Waals surface area contributed by atoms with Gasteiger partial charge in [-0.25, -0.2) is 0 Å². The zero-order valence-electron chi connectivity index (χ0n) is 10.5. The van der Waals surface area contributed by atoms with Crippen LogP contribution in [0.3, 0.4) is 0 Å². The van der Waals surface area contributed by atoms with Crippen molar-refractivity contribution in [2.75, 3.05) is 18.8 Å². The third-order valence-electron chi connectivity index (χ3n) is 3.11. The fraction of sp³-hybridized carbons (Fsp3) is 0.154. The van der Waals surface area contributed by atoms with E-state index >= 15 is 0 Å². The zero-order chi connectivity index (χ0) is 14.3. The standard InChI is InChI=1S/C13H12N4O3/c14-8-1-2-9-7(3-8)4-10(15-9)13(20)17-5-11(18)16-12(19)6-17/h1-4,15H,5-6,14H2,(H,16,18,19). The number of nitrogens with two attached hydrogens (primary N) is 1. The van der Waals surface area contributed by atoms with Gasteiger partial charge in [0, 0.05) is 16.6 Å². The number of imide groups is 1. The maximum Gasteiger partial charge on any atom is 0.271 e. The van der Waals surface area contributed by atoms with E-state index in [2.05, 4.69) is 10.3 Å². The summed E-state index contributed by atoms with van der Waals surface area (Å²) < 4.78 is 0. The topological polar surface area (TPSA) is 108 Å². The number of amides is 3. The Morgan fingerprint density at radius 1 is 1.15 bits per heavy atom. The molecule has 4 N–H and O–H groups in total. The number of benzene rings is 1. The molecule has 0 spiro atoms. The lowest BCUT2D eigenvalue weighted by Gasteiger charge is -2.24. The number of carbonyl (C=O) groups excluding carboxylic acids is 3. The summed E-state index contributed by atoms with van der Waals surface area (Å²) in [6.45, 7) is -0.246. The average molecular weight is 272 g/mol. The van der Waals surface area contributed by atoms with Gasteiger partial charge in [-0.05, 0) is 24.3 Å². The first-order valence-electron chi connectivity index (χ1n) is 6.03. The van der Waals surface area contributed by atoms with Crippen molar-refractivity contribution >= 4 is 34.3 Å². The number of nitrogens with zero attached hydrogens (tertiary/aromatic N) is 1. The van der Waals surface area contributed by atoms with Gasteiger partial charge in [-0.2, -0.15) is 0 Å². The fourth-order valence-corrected chi connectivity index (χ4v) is 2.22. The van der Waals surface area contributed by atoms with Crippen LogP contribution in [0.25, 0.3) is 10.9 Å². The Kier molecular flexibility index (Phi) is 2.67. The summed E-state index contributed by atoms with van der Waals surface area (Å²) in [4.78, 5) is 39.0. The smallest absolute Gasteiger partial charge is 0.271 e. The molecule has 0 bridgehead atoms. The molecule has 0 atom stereocenters. The molecule has 20 heavy (non-hydrogen) atoms. The van der Waals surface area contributed by atoms with Crippen LogP contribution in [-0.2, 0) is 9.59 Å². The summed E-state index contributed by atoms with van der Waals surface area (Å²) in [7, 11) is 0. The predicted octanol–water partition coefficient (Wildman–Crippen LogP) is -0.151. The third-order valence-corrected chi connectivity index (χ3v) is 3.11. The highest BCUT2D eigenvalue weighted by Crippen LogP contribution is 2.19. The molecule has 1 saturated heterocycles. The number of nitrogen functional groups attached to an aromatic ring is 1. The number of anilines is 1. The number of rotatable bonds is 1. The van der Waals surface area contributed by atoms with Crippen LogP contribution in [0.5, 0.6) is 0 Å². The number of piperazine rings is 1. The zero-order valence-corrected chi connectivity index (χ0v) is 10.5. The van der Waals surface area contributed by atoms with Gasteiger partial charge in [0.25, 0.3) is 5.91 Å². The van der Waals surface area contributed by atoms with Gasteiger partial charge < -0.3 is 15.6 Å². The van der Waals surface area contributed by atoms with E-state index < -0.39 is 11.8 Å². The summed E-state index contributed by atoms with van der Waals surface area (Å²) in [5.41, 5.74) is 7.38. The Bertz CT molecular complexity index is 718. The molecule has 7 nitrogen and oxygen atoms in total. The van der Waals surface area contributed by atoms with Gasteiger partial charge in [-0.3, -0.25) is 19.7 Å². The second-order valence-corrected chi connectivity index (χ2v) is 4.66. The van der Waals surface area contributed by atoms with Crippen LogP contribution in [0.15, 0.2) is 24.3 Å². The maximum absolute atomic E-state index is 12.3. The van der Waals surface area contributed by atoms with Crippen LogP contribution in [0.4, 0.5) is 5.69 Å². The van der Waals surface area contributed by atoms with E-state index in [-0.39, 0.29) is 19.0 Å². The lowest BCUT2D eigenvalue weighted by atomic mass is 10.2.